The summed E-state index contributed by atoms with van der Waals surface area (Å²) in [7, 11) is 1.95. The molecule has 0 aliphatic carbocycles. The second-order valence-corrected chi connectivity index (χ2v) is 6.03. The first-order valence-corrected chi connectivity index (χ1v) is 6.57. The Morgan fingerprint density at radius 3 is 3.00 bits per heavy atom. The SMILES string of the molecule is Cn1ccc(NC2CSCCC2(C)C)n1. The Balaban J connectivity index is 2.04. The minimum Gasteiger partial charge on any atom is -0.364 e. The van der Waals surface area contributed by atoms with E-state index in [1.54, 1.807) is 0 Å². The van der Waals surface area contributed by atoms with Crippen molar-refractivity contribution in [2.75, 3.05) is 16.8 Å². The van der Waals surface area contributed by atoms with Crippen molar-refractivity contribution in [1.29, 1.82) is 0 Å². The number of aromatic nitrogens is 2. The molecule has 1 saturated heterocycles. The number of rotatable bonds is 2. The Bertz CT molecular complexity index is 332. The van der Waals surface area contributed by atoms with Crippen LogP contribution in [0.5, 0.6) is 0 Å². The predicted molar refractivity (Wildman–Crippen MR) is 66.3 cm³/mol. The van der Waals surface area contributed by atoms with Crippen molar-refractivity contribution in [1.82, 2.24) is 9.78 Å². The summed E-state index contributed by atoms with van der Waals surface area (Å²) in [5, 5.41) is 7.91. The van der Waals surface area contributed by atoms with E-state index in [0.717, 1.165) is 5.82 Å². The largest absolute Gasteiger partial charge is 0.364 e. The van der Waals surface area contributed by atoms with Crippen molar-refractivity contribution in [3.8, 4) is 0 Å². The first kappa shape index (κ1) is 10.9. The van der Waals surface area contributed by atoms with Crippen LogP contribution in [-0.2, 0) is 7.05 Å². The highest BCUT2D eigenvalue weighted by molar-refractivity contribution is 7.99. The summed E-state index contributed by atoms with van der Waals surface area (Å²) in [4.78, 5) is 0. The fraction of sp³-hybridized carbons (Fsp3) is 0.727. The molecular weight excluding hydrogens is 206 g/mol. The first-order chi connectivity index (χ1) is 7.08. The molecule has 0 saturated carbocycles. The van der Waals surface area contributed by atoms with Crippen molar-refractivity contribution in [3.63, 3.8) is 0 Å². The first-order valence-electron chi connectivity index (χ1n) is 5.42. The fourth-order valence-electron chi connectivity index (χ4n) is 1.84. The number of nitrogens with one attached hydrogen (secondary N) is 1. The Kier molecular flexibility index (Phi) is 2.96. The molecule has 0 aromatic carbocycles. The van der Waals surface area contributed by atoms with Crippen LogP contribution in [0.2, 0.25) is 0 Å². The van der Waals surface area contributed by atoms with Gasteiger partial charge in [-0.25, -0.2) is 0 Å². The van der Waals surface area contributed by atoms with Gasteiger partial charge in [-0.05, 0) is 17.6 Å². The third-order valence-corrected chi connectivity index (χ3v) is 4.22. The average molecular weight is 225 g/mol. The summed E-state index contributed by atoms with van der Waals surface area (Å²) in [5.74, 6) is 3.47. The van der Waals surface area contributed by atoms with Gasteiger partial charge >= 0.3 is 0 Å². The zero-order chi connectivity index (χ0) is 10.9. The molecule has 1 aliphatic heterocycles. The van der Waals surface area contributed by atoms with Crippen LogP contribution in [-0.4, -0.2) is 27.3 Å². The molecule has 0 amide bonds. The van der Waals surface area contributed by atoms with Crippen LogP contribution in [0.25, 0.3) is 0 Å². The Morgan fingerprint density at radius 2 is 2.40 bits per heavy atom. The van der Waals surface area contributed by atoms with Gasteiger partial charge in [0.15, 0.2) is 0 Å². The molecular formula is C11H19N3S. The fourth-order valence-corrected chi connectivity index (χ4v) is 3.45. The van der Waals surface area contributed by atoms with Gasteiger partial charge in [0, 0.05) is 31.1 Å². The maximum absolute atomic E-state index is 4.37. The minimum absolute atomic E-state index is 0.378. The van der Waals surface area contributed by atoms with Gasteiger partial charge in [-0.15, -0.1) is 0 Å². The van der Waals surface area contributed by atoms with Gasteiger partial charge in [-0.3, -0.25) is 4.68 Å². The van der Waals surface area contributed by atoms with Gasteiger partial charge in [0.2, 0.25) is 0 Å². The lowest BCUT2D eigenvalue weighted by Gasteiger charge is -2.38. The molecule has 2 rings (SSSR count). The van der Waals surface area contributed by atoms with Crippen LogP contribution in [0.4, 0.5) is 5.82 Å². The number of hydrogen-bond acceptors (Lipinski definition) is 3. The summed E-state index contributed by atoms with van der Waals surface area (Å²) < 4.78 is 1.84. The van der Waals surface area contributed by atoms with Gasteiger partial charge in [0.1, 0.15) is 5.82 Å². The number of thioether (sulfide) groups is 1. The molecule has 1 aromatic rings. The normalized spacial score (nSPS) is 25.1. The third-order valence-electron chi connectivity index (χ3n) is 3.15. The highest BCUT2D eigenvalue weighted by Crippen LogP contribution is 2.35. The second kappa shape index (κ2) is 4.08. The van der Waals surface area contributed by atoms with Gasteiger partial charge < -0.3 is 5.32 Å². The molecule has 1 N–H and O–H groups in total. The summed E-state index contributed by atoms with van der Waals surface area (Å²) >= 11 is 2.03. The molecule has 2 heterocycles. The van der Waals surface area contributed by atoms with E-state index in [2.05, 4.69) is 24.3 Å². The number of aryl methyl sites for hydroxylation is 1. The zero-order valence-corrected chi connectivity index (χ0v) is 10.5. The maximum atomic E-state index is 4.37. The lowest BCUT2D eigenvalue weighted by Crippen LogP contribution is -2.41. The van der Waals surface area contributed by atoms with E-state index >= 15 is 0 Å². The van der Waals surface area contributed by atoms with Crippen LogP contribution in [0.15, 0.2) is 12.3 Å². The average Bonchev–Trinajstić information content (AvgIpc) is 2.55. The van der Waals surface area contributed by atoms with Crippen molar-refractivity contribution < 1.29 is 0 Å². The van der Waals surface area contributed by atoms with Gasteiger partial charge in [0.25, 0.3) is 0 Å². The van der Waals surface area contributed by atoms with Crippen LogP contribution in [0, 0.1) is 5.41 Å². The van der Waals surface area contributed by atoms with E-state index in [4.69, 9.17) is 0 Å². The molecule has 0 bridgehead atoms. The molecule has 1 aliphatic rings. The quantitative estimate of drug-likeness (QED) is 0.838. The molecule has 15 heavy (non-hydrogen) atoms. The van der Waals surface area contributed by atoms with Crippen LogP contribution < -0.4 is 5.32 Å². The van der Waals surface area contributed by atoms with E-state index in [9.17, 15) is 0 Å². The summed E-state index contributed by atoms with van der Waals surface area (Å²) in [6, 6.07) is 2.57. The van der Waals surface area contributed by atoms with E-state index in [0.29, 0.717) is 11.5 Å². The third kappa shape index (κ3) is 2.48. The topological polar surface area (TPSA) is 29.9 Å². The monoisotopic (exact) mass is 225 g/mol. The van der Waals surface area contributed by atoms with Crippen LogP contribution in [0.3, 0.4) is 0 Å². The number of hydrogen-bond donors (Lipinski definition) is 1. The Hall–Kier alpha value is -0.640. The summed E-state index contributed by atoms with van der Waals surface area (Å²) in [6.45, 7) is 4.68. The number of anilines is 1. The molecule has 3 nitrogen and oxygen atoms in total. The molecule has 1 atom stereocenters. The van der Waals surface area contributed by atoms with E-state index in [1.807, 2.05) is 35.8 Å². The summed E-state index contributed by atoms with van der Waals surface area (Å²) in [5.41, 5.74) is 0.378. The van der Waals surface area contributed by atoms with Gasteiger partial charge in [-0.1, -0.05) is 13.8 Å². The van der Waals surface area contributed by atoms with Gasteiger partial charge in [0.05, 0.1) is 0 Å². The standard InChI is InChI=1S/C11H19N3S/c1-11(2)5-7-15-8-9(11)12-10-4-6-14(3)13-10/h4,6,9H,5,7-8H2,1-3H3,(H,12,13). The molecule has 4 heteroatoms. The highest BCUT2D eigenvalue weighted by atomic mass is 32.2. The molecule has 1 fully saturated rings. The van der Waals surface area contributed by atoms with E-state index in [-0.39, 0.29) is 0 Å². The predicted octanol–water partition coefficient (Wildman–Crippen LogP) is 2.36. The van der Waals surface area contributed by atoms with Crippen molar-refractivity contribution in [2.24, 2.45) is 12.5 Å². The summed E-state index contributed by atoms with van der Waals surface area (Å²) in [6.07, 6.45) is 3.26. The van der Waals surface area contributed by atoms with Crippen LogP contribution in [0.1, 0.15) is 20.3 Å². The van der Waals surface area contributed by atoms with Gasteiger partial charge in [-0.2, -0.15) is 16.9 Å². The smallest absolute Gasteiger partial charge is 0.148 e. The molecule has 84 valence electrons. The molecule has 1 unspecified atom stereocenters. The maximum Gasteiger partial charge on any atom is 0.148 e. The minimum atomic E-state index is 0.378. The van der Waals surface area contributed by atoms with Crippen LogP contribution >= 0.6 is 11.8 Å². The zero-order valence-electron chi connectivity index (χ0n) is 9.66. The van der Waals surface area contributed by atoms with E-state index in [1.165, 1.54) is 17.9 Å². The van der Waals surface area contributed by atoms with Crippen molar-refractivity contribution in [3.05, 3.63) is 12.3 Å². The lowest BCUT2D eigenvalue weighted by atomic mass is 9.82. The molecule has 1 aromatic heterocycles. The second-order valence-electron chi connectivity index (χ2n) is 4.89. The highest BCUT2D eigenvalue weighted by Gasteiger charge is 2.32. The number of nitrogens with zero attached hydrogens (tertiary/aromatic N) is 2. The lowest BCUT2D eigenvalue weighted by molar-refractivity contribution is 0.304. The Morgan fingerprint density at radius 1 is 1.60 bits per heavy atom. The van der Waals surface area contributed by atoms with Crippen molar-refractivity contribution >= 4 is 17.6 Å². The molecule has 0 radical (unpaired) electrons. The van der Waals surface area contributed by atoms with Crippen molar-refractivity contribution in [2.45, 2.75) is 26.3 Å². The Labute approximate surface area is 95.6 Å². The molecule has 0 spiro atoms. The van der Waals surface area contributed by atoms with E-state index < -0.39 is 0 Å².